The van der Waals surface area contributed by atoms with Gasteiger partial charge in [-0.2, -0.15) is 0 Å². The second-order valence-electron chi connectivity index (χ2n) is 4.03. The standard InChI is InChI=1S/C12H17BrN2O4S/c13-10-2-4-11(5-3-10)20(18,19)15-8-6-12(17)14-7-1-9-16/h2-5,15-16H,1,6-9H2,(H,14,17). The van der Waals surface area contributed by atoms with Crippen molar-refractivity contribution in [3.05, 3.63) is 28.7 Å². The number of aliphatic hydroxyl groups excluding tert-OH is 1. The average molecular weight is 365 g/mol. The lowest BCUT2D eigenvalue weighted by molar-refractivity contribution is -0.120. The summed E-state index contributed by atoms with van der Waals surface area (Å²) in [5.74, 6) is -0.253. The average Bonchev–Trinajstić information content (AvgIpc) is 2.39. The first-order chi connectivity index (χ1) is 9.45. The van der Waals surface area contributed by atoms with E-state index in [-0.39, 0.29) is 30.4 Å². The van der Waals surface area contributed by atoms with Gasteiger partial charge in [0.1, 0.15) is 0 Å². The van der Waals surface area contributed by atoms with Gasteiger partial charge in [0.2, 0.25) is 15.9 Å². The second-order valence-corrected chi connectivity index (χ2v) is 6.71. The van der Waals surface area contributed by atoms with Gasteiger partial charge in [0.25, 0.3) is 0 Å². The molecule has 0 saturated carbocycles. The highest BCUT2D eigenvalue weighted by Gasteiger charge is 2.13. The van der Waals surface area contributed by atoms with Crippen molar-refractivity contribution in [2.24, 2.45) is 0 Å². The van der Waals surface area contributed by atoms with E-state index in [1.807, 2.05) is 0 Å². The molecule has 112 valence electrons. The van der Waals surface area contributed by atoms with E-state index in [9.17, 15) is 13.2 Å². The summed E-state index contributed by atoms with van der Waals surface area (Å²) in [4.78, 5) is 11.5. The number of sulfonamides is 1. The van der Waals surface area contributed by atoms with Crippen molar-refractivity contribution >= 4 is 31.9 Å². The molecule has 0 atom stereocenters. The zero-order chi connectivity index (χ0) is 15.0. The summed E-state index contributed by atoms with van der Waals surface area (Å²) in [7, 11) is -3.59. The quantitative estimate of drug-likeness (QED) is 0.589. The Balaban J connectivity index is 2.40. The molecule has 3 N–H and O–H groups in total. The van der Waals surface area contributed by atoms with Crippen molar-refractivity contribution in [2.45, 2.75) is 17.7 Å². The van der Waals surface area contributed by atoms with Gasteiger partial charge < -0.3 is 10.4 Å². The maximum Gasteiger partial charge on any atom is 0.240 e. The van der Waals surface area contributed by atoms with Crippen LogP contribution in [-0.4, -0.2) is 39.1 Å². The van der Waals surface area contributed by atoms with Gasteiger partial charge in [-0.25, -0.2) is 13.1 Å². The normalized spacial score (nSPS) is 11.3. The van der Waals surface area contributed by atoms with Crippen LogP contribution in [-0.2, 0) is 14.8 Å². The first-order valence-electron chi connectivity index (χ1n) is 6.08. The fourth-order valence-electron chi connectivity index (χ4n) is 1.39. The molecule has 0 aliphatic carbocycles. The second kappa shape index (κ2) is 8.35. The highest BCUT2D eigenvalue weighted by Crippen LogP contribution is 2.14. The van der Waals surface area contributed by atoms with Crippen LogP contribution in [0.5, 0.6) is 0 Å². The van der Waals surface area contributed by atoms with E-state index in [1.54, 1.807) is 12.1 Å². The Morgan fingerprint density at radius 3 is 2.45 bits per heavy atom. The van der Waals surface area contributed by atoms with Crippen LogP contribution in [0.2, 0.25) is 0 Å². The zero-order valence-electron chi connectivity index (χ0n) is 10.8. The number of nitrogens with one attached hydrogen (secondary N) is 2. The molecule has 0 saturated heterocycles. The minimum absolute atomic E-state index is 0.0104. The van der Waals surface area contributed by atoms with Crippen LogP contribution < -0.4 is 10.0 Å². The first kappa shape index (κ1) is 17.1. The predicted octanol–water partition coefficient (Wildman–Crippen LogP) is 0.616. The molecule has 0 unspecified atom stereocenters. The predicted molar refractivity (Wildman–Crippen MR) is 78.7 cm³/mol. The summed E-state index contributed by atoms with van der Waals surface area (Å²) < 4.78 is 26.9. The van der Waals surface area contributed by atoms with Crippen molar-refractivity contribution < 1.29 is 18.3 Å². The Hall–Kier alpha value is -0.960. The largest absolute Gasteiger partial charge is 0.396 e. The Bertz CT molecular complexity index is 531. The third kappa shape index (κ3) is 6.00. The Morgan fingerprint density at radius 2 is 1.85 bits per heavy atom. The van der Waals surface area contributed by atoms with E-state index < -0.39 is 10.0 Å². The summed E-state index contributed by atoms with van der Waals surface area (Å²) >= 11 is 3.23. The molecule has 6 nitrogen and oxygen atoms in total. The summed E-state index contributed by atoms with van der Waals surface area (Å²) in [5, 5.41) is 11.1. The SMILES string of the molecule is O=C(CCNS(=O)(=O)c1ccc(Br)cc1)NCCCO. The maximum absolute atomic E-state index is 11.9. The molecule has 20 heavy (non-hydrogen) atoms. The maximum atomic E-state index is 11.9. The minimum atomic E-state index is -3.59. The van der Waals surface area contributed by atoms with Gasteiger partial charge in [-0.1, -0.05) is 15.9 Å². The zero-order valence-corrected chi connectivity index (χ0v) is 13.2. The van der Waals surface area contributed by atoms with Crippen LogP contribution in [0.4, 0.5) is 0 Å². The van der Waals surface area contributed by atoms with Crippen molar-refractivity contribution in [3.63, 3.8) is 0 Å². The highest BCUT2D eigenvalue weighted by molar-refractivity contribution is 9.10. The molecule has 1 amide bonds. The number of hydrogen-bond acceptors (Lipinski definition) is 4. The molecular weight excluding hydrogens is 348 g/mol. The number of hydrogen-bond donors (Lipinski definition) is 3. The fraction of sp³-hybridized carbons (Fsp3) is 0.417. The summed E-state index contributed by atoms with van der Waals surface area (Å²) in [6, 6.07) is 6.23. The van der Waals surface area contributed by atoms with E-state index in [0.29, 0.717) is 13.0 Å². The lowest BCUT2D eigenvalue weighted by Crippen LogP contribution is -2.31. The number of carbonyl (C=O) groups is 1. The monoisotopic (exact) mass is 364 g/mol. The number of carbonyl (C=O) groups excluding carboxylic acids is 1. The molecular formula is C12H17BrN2O4S. The van der Waals surface area contributed by atoms with Gasteiger partial charge in [-0.15, -0.1) is 0 Å². The van der Waals surface area contributed by atoms with Gasteiger partial charge in [0.05, 0.1) is 4.90 Å². The molecule has 0 bridgehead atoms. The molecule has 0 radical (unpaired) electrons. The van der Waals surface area contributed by atoms with E-state index in [1.165, 1.54) is 12.1 Å². The van der Waals surface area contributed by atoms with Crippen molar-refractivity contribution in [1.29, 1.82) is 0 Å². The van der Waals surface area contributed by atoms with Gasteiger partial charge in [0.15, 0.2) is 0 Å². The lowest BCUT2D eigenvalue weighted by Gasteiger charge is -2.07. The number of aliphatic hydroxyl groups is 1. The fourth-order valence-corrected chi connectivity index (χ4v) is 2.69. The van der Waals surface area contributed by atoms with E-state index in [2.05, 4.69) is 26.0 Å². The van der Waals surface area contributed by atoms with Crippen LogP contribution in [0.3, 0.4) is 0 Å². The highest BCUT2D eigenvalue weighted by atomic mass is 79.9. The van der Waals surface area contributed by atoms with Crippen LogP contribution in [0, 0.1) is 0 Å². The minimum Gasteiger partial charge on any atom is -0.396 e. The Labute approximate surface area is 126 Å². The van der Waals surface area contributed by atoms with E-state index >= 15 is 0 Å². The Morgan fingerprint density at radius 1 is 1.20 bits per heavy atom. The molecule has 1 aromatic carbocycles. The van der Waals surface area contributed by atoms with Crippen LogP contribution in [0.25, 0.3) is 0 Å². The molecule has 0 aromatic heterocycles. The van der Waals surface area contributed by atoms with E-state index in [4.69, 9.17) is 5.11 Å². The number of amides is 1. The van der Waals surface area contributed by atoms with Gasteiger partial charge in [0, 0.05) is 30.6 Å². The van der Waals surface area contributed by atoms with E-state index in [0.717, 1.165) is 4.47 Å². The number of benzene rings is 1. The first-order valence-corrected chi connectivity index (χ1v) is 8.36. The van der Waals surface area contributed by atoms with Gasteiger partial charge >= 0.3 is 0 Å². The lowest BCUT2D eigenvalue weighted by atomic mass is 10.4. The molecule has 0 spiro atoms. The van der Waals surface area contributed by atoms with Crippen LogP contribution >= 0.6 is 15.9 Å². The van der Waals surface area contributed by atoms with Crippen molar-refractivity contribution in [1.82, 2.24) is 10.0 Å². The molecule has 0 aliphatic heterocycles. The van der Waals surface area contributed by atoms with Crippen LogP contribution in [0.15, 0.2) is 33.6 Å². The summed E-state index contributed by atoms with van der Waals surface area (Å²) in [6.07, 6.45) is 0.539. The third-order valence-corrected chi connectivity index (χ3v) is 4.43. The molecule has 0 heterocycles. The number of rotatable bonds is 8. The molecule has 1 aromatic rings. The van der Waals surface area contributed by atoms with Crippen molar-refractivity contribution in [3.8, 4) is 0 Å². The molecule has 0 fully saturated rings. The third-order valence-electron chi connectivity index (χ3n) is 2.43. The molecule has 1 rings (SSSR count). The number of halogens is 1. The smallest absolute Gasteiger partial charge is 0.240 e. The molecule has 8 heteroatoms. The summed E-state index contributed by atoms with van der Waals surface area (Å²) in [6.45, 7) is 0.425. The summed E-state index contributed by atoms with van der Waals surface area (Å²) in [5.41, 5.74) is 0. The van der Waals surface area contributed by atoms with Gasteiger partial charge in [-0.05, 0) is 30.7 Å². The molecule has 0 aliphatic rings. The van der Waals surface area contributed by atoms with Crippen LogP contribution in [0.1, 0.15) is 12.8 Å². The topological polar surface area (TPSA) is 95.5 Å². The Kier molecular flexibility index (Phi) is 7.14. The van der Waals surface area contributed by atoms with Crippen molar-refractivity contribution in [2.75, 3.05) is 19.7 Å². The van der Waals surface area contributed by atoms with Gasteiger partial charge in [-0.3, -0.25) is 4.79 Å².